The second-order valence-corrected chi connectivity index (χ2v) is 13.9. The molecular formula is C38H80N+. The number of hydrogen-bond acceptors (Lipinski definition) is 0. The Hall–Kier alpha value is -0.0400. The minimum absolute atomic E-state index is 0.884. The van der Waals surface area contributed by atoms with Crippen molar-refractivity contribution in [2.45, 2.75) is 226 Å². The molecule has 0 aromatic carbocycles. The summed E-state index contributed by atoms with van der Waals surface area (Å²) < 4.78 is 1.23. The van der Waals surface area contributed by atoms with Crippen LogP contribution in [0.5, 0.6) is 0 Å². The third-order valence-electron chi connectivity index (χ3n) is 9.84. The Bertz CT molecular complexity index is 442. The van der Waals surface area contributed by atoms with Crippen LogP contribution in [0.1, 0.15) is 220 Å². The van der Waals surface area contributed by atoms with E-state index in [2.05, 4.69) is 34.9 Å². The van der Waals surface area contributed by atoms with Gasteiger partial charge in [-0.2, -0.15) is 0 Å². The first-order chi connectivity index (χ1) is 19.1. The molecule has 0 saturated carbocycles. The molecule has 0 aromatic rings. The van der Waals surface area contributed by atoms with Crippen LogP contribution in [0.3, 0.4) is 0 Å². The molecule has 236 valence electrons. The van der Waals surface area contributed by atoms with Crippen LogP contribution in [-0.4, -0.2) is 31.2 Å². The highest BCUT2D eigenvalue weighted by Crippen LogP contribution is 2.22. The molecular weight excluding hydrogens is 470 g/mol. The Morgan fingerprint density at radius 2 is 0.513 bits per heavy atom. The van der Waals surface area contributed by atoms with Gasteiger partial charge in [-0.25, -0.2) is 0 Å². The van der Waals surface area contributed by atoms with E-state index >= 15 is 0 Å². The fourth-order valence-corrected chi connectivity index (χ4v) is 6.43. The molecule has 0 aliphatic rings. The van der Waals surface area contributed by atoms with E-state index in [0.717, 1.165) is 6.04 Å². The minimum Gasteiger partial charge on any atom is -0.326 e. The zero-order chi connectivity index (χ0) is 28.7. The Morgan fingerprint density at radius 1 is 0.308 bits per heavy atom. The molecule has 0 radical (unpaired) electrons. The molecule has 1 nitrogen and oxygen atoms in total. The van der Waals surface area contributed by atoms with Crippen molar-refractivity contribution in [3.63, 3.8) is 0 Å². The van der Waals surface area contributed by atoms with Gasteiger partial charge in [0.1, 0.15) is 0 Å². The number of nitrogens with zero attached hydrogens (tertiary/aromatic N) is 1. The maximum Gasteiger partial charge on any atom is 0.0886 e. The standard InChI is InChI=1S/C38H80N/c1-6-9-11-13-15-17-19-21-23-25-27-29-31-33-35-37-38(39(4,5)8-3)36-34-32-30-28-26-24-22-20-18-16-14-12-10-7-2/h38H,6-37H2,1-5H3/q+1. The molecule has 0 amide bonds. The zero-order valence-electron chi connectivity index (χ0n) is 28.7. The predicted molar refractivity (Wildman–Crippen MR) is 181 cm³/mol. The van der Waals surface area contributed by atoms with Gasteiger partial charge in [-0.3, -0.25) is 0 Å². The summed E-state index contributed by atoms with van der Waals surface area (Å²) in [6, 6.07) is 0.884. The van der Waals surface area contributed by atoms with E-state index in [4.69, 9.17) is 0 Å². The molecule has 1 heteroatoms. The Morgan fingerprint density at radius 3 is 0.718 bits per heavy atom. The average molecular weight is 551 g/mol. The van der Waals surface area contributed by atoms with Crippen LogP contribution in [0, 0.1) is 0 Å². The lowest BCUT2D eigenvalue weighted by molar-refractivity contribution is -0.914. The molecule has 0 aliphatic carbocycles. The smallest absolute Gasteiger partial charge is 0.0886 e. The van der Waals surface area contributed by atoms with Gasteiger partial charge in [0.15, 0.2) is 0 Å². The molecule has 0 N–H and O–H groups in total. The maximum absolute atomic E-state index is 2.49. The lowest BCUT2D eigenvalue weighted by Crippen LogP contribution is -2.48. The average Bonchev–Trinajstić information content (AvgIpc) is 2.94. The molecule has 0 bridgehead atoms. The van der Waals surface area contributed by atoms with Gasteiger partial charge in [-0.05, 0) is 32.6 Å². The lowest BCUT2D eigenvalue weighted by atomic mass is 9.97. The van der Waals surface area contributed by atoms with E-state index in [1.807, 2.05) is 0 Å². The SMILES string of the molecule is CCCCCCCCCCCCCCCCCC(CCCCCCCCCCCCCCCC)[N+](C)(C)CC. The van der Waals surface area contributed by atoms with Crippen molar-refractivity contribution in [3.8, 4) is 0 Å². The number of quaternary nitrogens is 1. The summed E-state index contributed by atoms with van der Waals surface area (Å²) in [4.78, 5) is 0. The Balaban J connectivity index is 3.63. The molecule has 0 rings (SSSR count). The van der Waals surface area contributed by atoms with Crippen LogP contribution < -0.4 is 0 Å². The highest BCUT2D eigenvalue weighted by atomic mass is 15.3. The summed E-state index contributed by atoms with van der Waals surface area (Å²) in [6.07, 6.45) is 45.4. The van der Waals surface area contributed by atoms with E-state index in [9.17, 15) is 0 Å². The zero-order valence-corrected chi connectivity index (χ0v) is 28.7. The van der Waals surface area contributed by atoms with Crippen LogP contribution in [0.2, 0.25) is 0 Å². The van der Waals surface area contributed by atoms with Gasteiger partial charge < -0.3 is 4.48 Å². The van der Waals surface area contributed by atoms with Crippen molar-refractivity contribution >= 4 is 0 Å². The lowest BCUT2D eigenvalue weighted by Gasteiger charge is -2.37. The normalized spacial score (nSPS) is 12.8. The topological polar surface area (TPSA) is 0 Å². The molecule has 39 heavy (non-hydrogen) atoms. The van der Waals surface area contributed by atoms with E-state index in [-0.39, 0.29) is 0 Å². The fraction of sp³-hybridized carbons (Fsp3) is 1.00. The van der Waals surface area contributed by atoms with Gasteiger partial charge in [-0.1, -0.05) is 187 Å². The van der Waals surface area contributed by atoms with Gasteiger partial charge in [-0.15, -0.1) is 0 Å². The quantitative estimate of drug-likeness (QED) is 0.0563. The molecule has 0 aliphatic heterocycles. The van der Waals surface area contributed by atoms with Gasteiger partial charge in [0, 0.05) is 0 Å². The molecule has 0 spiro atoms. The van der Waals surface area contributed by atoms with E-state index in [1.165, 1.54) is 210 Å². The summed E-state index contributed by atoms with van der Waals surface area (Å²) in [5.41, 5.74) is 0. The van der Waals surface area contributed by atoms with Crippen molar-refractivity contribution in [2.75, 3.05) is 20.6 Å². The second kappa shape index (κ2) is 30.9. The second-order valence-electron chi connectivity index (χ2n) is 13.9. The molecule has 0 heterocycles. The van der Waals surface area contributed by atoms with Gasteiger partial charge in [0.05, 0.1) is 26.7 Å². The van der Waals surface area contributed by atoms with E-state index < -0.39 is 0 Å². The van der Waals surface area contributed by atoms with Crippen LogP contribution >= 0.6 is 0 Å². The highest BCUT2D eigenvalue weighted by molar-refractivity contribution is 4.61. The Kier molecular flexibility index (Phi) is 30.9. The maximum atomic E-state index is 2.49. The van der Waals surface area contributed by atoms with Crippen molar-refractivity contribution in [3.05, 3.63) is 0 Å². The summed E-state index contributed by atoms with van der Waals surface area (Å²) in [6.45, 7) is 8.30. The monoisotopic (exact) mass is 551 g/mol. The van der Waals surface area contributed by atoms with Crippen LogP contribution in [-0.2, 0) is 0 Å². The van der Waals surface area contributed by atoms with Crippen LogP contribution in [0.15, 0.2) is 0 Å². The Labute approximate surface area is 250 Å². The predicted octanol–water partition coefficient (Wildman–Crippen LogP) is 13.6. The van der Waals surface area contributed by atoms with E-state index in [0.29, 0.717) is 0 Å². The minimum atomic E-state index is 0.884. The first kappa shape index (κ1) is 39.0. The third-order valence-corrected chi connectivity index (χ3v) is 9.84. The molecule has 1 atom stereocenters. The first-order valence-electron chi connectivity index (χ1n) is 18.9. The highest BCUT2D eigenvalue weighted by Gasteiger charge is 2.25. The van der Waals surface area contributed by atoms with Gasteiger partial charge >= 0.3 is 0 Å². The number of unbranched alkanes of at least 4 members (excludes halogenated alkanes) is 27. The molecule has 0 fully saturated rings. The molecule has 0 saturated heterocycles. The fourth-order valence-electron chi connectivity index (χ4n) is 6.43. The van der Waals surface area contributed by atoms with Crippen molar-refractivity contribution in [2.24, 2.45) is 0 Å². The molecule has 1 unspecified atom stereocenters. The summed E-state index contributed by atoms with van der Waals surface area (Å²) >= 11 is 0. The van der Waals surface area contributed by atoms with Crippen molar-refractivity contribution < 1.29 is 4.48 Å². The summed E-state index contributed by atoms with van der Waals surface area (Å²) in [5, 5.41) is 0. The van der Waals surface area contributed by atoms with Crippen molar-refractivity contribution in [1.82, 2.24) is 0 Å². The van der Waals surface area contributed by atoms with Crippen LogP contribution in [0.25, 0.3) is 0 Å². The van der Waals surface area contributed by atoms with Crippen molar-refractivity contribution in [1.29, 1.82) is 0 Å². The largest absolute Gasteiger partial charge is 0.326 e. The number of hydrogen-bond donors (Lipinski definition) is 0. The van der Waals surface area contributed by atoms with Crippen LogP contribution in [0.4, 0.5) is 0 Å². The molecule has 0 aromatic heterocycles. The van der Waals surface area contributed by atoms with E-state index in [1.54, 1.807) is 0 Å². The summed E-state index contributed by atoms with van der Waals surface area (Å²) in [7, 11) is 4.97. The van der Waals surface area contributed by atoms with Gasteiger partial charge in [0.25, 0.3) is 0 Å². The third kappa shape index (κ3) is 27.9. The summed E-state index contributed by atoms with van der Waals surface area (Å²) in [5.74, 6) is 0. The number of rotatable bonds is 33. The first-order valence-corrected chi connectivity index (χ1v) is 18.9. The van der Waals surface area contributed by atoms with Gasteiger partial charge in [0.2, 0.25) is 0 Å².